The van der Waals surface area contributed by atoms with Crippen molar-refractivity contribution in [1.82, 2.24) is 15.3 Å². The minimum atomic E-state index is 0.757. The molecule has 0 aliphatic rings. The highest BCUT2D eigenvalue weighted by Crippen LogP contribution is 2.22. The van der Waals surface area contributed by atoms with Crippen molar-refractivity contribution < 1.29 is 0 Å². The number of hydrogen-bond acceptors (Lipinski definition) is 4. The average molecular weight is 256 g/mol. The molecule has 1 heterocycles. The summed E-state index contributed by atoms with van der Waals surface area (Å²) in [6.07, 6.45) is 3.78. The van der Waals surface area contributed by atoms with Crippen molar-refractivity contribution in [3.63, 3.8) is 0 Å². The number of nitrogens with zero attached hydrogens (tertiary/aromatic N) is 3. The van der Waals surface area contributed by atoms with Crippen LogP contribution in [-0.4, -0.2) is 37.2 Å². The molecule has 0 saturated carbocycles. The van der Waals surface area contributed by atoms with Crippen LogP contribution >= 0.6 is 0 Å². The molecule has 2 aromatic rings. The van der Waals surface area contributed by atoms with Crippen molar-refractivity contribution in [3.8, 4) is 11.1 Å². The lowest BCUT2D eigenvalue weighted by Gasteiger charge is -2.16. The summed E-state index contributed by atoms with van der Waals surface area (Å²) in [5, 5.41) is 3.12. The highest BCUT2D eigenvalue weighted by molar-refractivity contribution is 5.65. The highest BCUT2D eigenvalue weighted by atomic mass is 15.2. The number of aryl methyl sites for hydroxylation is 1. The van der Waals surface area contributed by atoms with Gasteiger partial charge >= 0.3 is 0 Å². The predicted molar refractivity (Wildman–Crippen MR) is 79.4 cm³/mol. The largest absolute Gasteiger partial charge is 0.343 e. The molecule has 4 nitrogen and oxygen atoms in total. The molecule has 0 saturated heterocycles. The molecule has 100 valence electrons. The number of nitrogens with one attached hydrogen (secondary N) is 1. The van der Waals surface area contributed by atoms with Crippen LogP contribution in [-0.2, 0) is 0 Å². The van der Waals surface area contributed by atoms with Crippen LogP contribution in [0.2, 0.25) is 0 Å². The first-order chi connectivity index (χ1) is 9.22. The summed E-state index contributed by atoms with van der Waals surface area (Å²) in [6.45, 7) is 3.90. The molecule has 0 aliphatic heterocycles. The Morgan fingerprint density at radius 3 is 2.47 bits per heavy atom. The van der Waals surface area contributed by atoms with Crippen LogP contribution in [0.3, 0.4) is 0 Å². The van der Waals surface area contributed by atoms with Crippen molar-refractivity contribution in [2.45, 2.75) is 6.92 Å². The molecule has 0 radical (unpaired) electrons. The van der Waals surface area contributed by atoms with E-state index in [1.165, 1.54) is 11.1 Å². The molecule has 0 bridgehead atoms. The SMILES string of the molecule is CNCCN(C)c1ncc(-c2ccccc2C)cn1. The zero-order valence-corrected chi connectivity index (χ0v) is 11.7. The molecule has 0 atom stereocenters. The molecule has 0 amide bonds. The van der Waals surface area contributed by atoms with Gasteiger partial charge in [0.25, 0.3) is 0 Å². The van der Waals surface area contributed by atoms with E-state index in [4.69, 9.17) is 0 Å². The van der Waals surface area contributed by atoms with Gasteiger partial charge < -0.3 is 10.2 Å². The quantitative estimate of drug-likeness (QED) is 0.889. The van der Waals surface area contributed by atoms with Crippen molar-refractivity contribution >= 4 is 5.95 Å². The Labute approximate surface area is 114 Å². The molecule has 1 aromatic heterocycles. The van der Waals surface area contributed by atoms with Crippen LogP contribution in [0.4, 0.5) is 5.95 Å². The molecular weight excluding hydrogens is 236 g/mol. The molecule has 0 unspecified atom stereocenters. The Kier molecular flexibility index (Phi) is 4.47. The van der Waals surface area contributed by atoms with Crippen molar-refractivity contribution in [3.05, 3.63) is 42.2 Å². The van der Waals surface area contributed by atoms with Crippen molar-refractivity contribution in [2.75, 3.05) is 32.1 Å². The van der Waals surface area contributed by atoms with Gasteiger partial charge in [-0.15, -0.1) is 0 Å². The lowest BCUT2D eigenvalue weighted by atomic mass is 10.0. The van der Waals surface area contributed by atoms with E-state index in [9.17, 15) is 0 Å². The molecule has 1 N–H and O–H groups in total. The van der Waals surface area contributed by atoms with Crippen molar-refractivity contribution in [2.24, 2.45) is 0 Å². The summed E-state index contributed by atoms with van der Waals surface area (Å²) in [6, 6.07) is 8.27. The number of likely N-dealkylation sites (N-methyl/N-ethyl adjacent to an activating group) is 2. The maximum atomic E-state index is 4.44. The van der Waals surface area contributed by atoms with Gasteiger partial charge in [0.1, 0.15) is 0 Å². The number of hydrogen-bond donors (Lipinski definition) is 1. The summed E-state index contributed by atoms with van der Waals surface area (Å²) in [5.41, 5.74) is 3.48. The molecular formula is C15H20N4. The Hall–Kier alpha value is -1.94. The third-order valence-electron chi connectivity index (χ3n) is 3.13. The first kappa shape index (κ1) is 13.5. The van der Waals surface area contributed by atoms with Gasteiger partial charge in [0, 0.05) is 38.1 Å². The van der Waals surface area contributed by atoms with Gasteiger partial charge in [-0.05, 0) is 25.1 Å². The molecule has 0 fully saturated rings. The van der Waals surface area contributed by atoms with Gasteiger partial charge in [0.2, 0.25) is 5.95 Å². The van der Waals surface area contributed by atoms with E-state index >= 15 is 0 Å². The molecule has 1 aromatic carbocycles. The van der Waals surface area contributed by atoms with Gasteiger partial charge in [-0.2, -0.15) is 0 Å². The Bertz CT molecular complexity index is 522. The topological polar surface area (TPSA) is 41.0 Å². The van der Waals surface area contributed by atoms with Gasteiger partial charge in [0.15, 0.2) is 0 Å². The van der Waals surface area contributed by atoms with Crippen LogP contribution in [0.15, 0.2) is 36.7 Å². The summed E-state index contributed by atoms with van der Waals surface area (Å²) in [4.78, 5) is 10.9. The van der Waals surface area contributed by atoms with E-state index in [1.807, 2.05) is 43.5 Å². The van der Waals surface area contributed by atoms with Crippen LogP contribution in [0, 0.1) is 6.92 Å². The summed E-state index contributed by atoms with van der Waals surface area (Å²) < 4.78 is 0. The summed E-state index contributed by atoms with van der Waals surface area (Å²) >= 11 is 0. The Morgan fingerprint density at radius 1 is 1.16 bits per heavy atom. The maximum Gasteiger partial charge on any atom is 0.225 e. The fourth-order valence-electron chi connectivity index (χ4n) is 1.93. The van der Waals surface area contributed by atoms with E-state index < -0.39 is 0 Å². The number of anilines is 1. The fourth-order valence-corrected chi connectivity index (χ4v) is 1.93. The van der Waals surface area contributed by atoms with Gasteiger partial charge in [-0.3, -0.25) is 0 Å². The third kappa shape index (κ3) is 3.29. The fraction of sp³-hybridized carbons (Fsp3) is 0.333. The summed E-state index contributed by atoms with van der Waals surface area (Å²) in [7, 11) is 3.94. The van der Waals surface area contributed by atoms with E-state index in [-0.39, 0.29) is 0 Å². The second-order valence-electron chi connectivity index (χ2n) is 4.61. The van der Waals surface area contributed by atoms with E-state index in [0.717, 1.165) is 24.6 Å². The number of rotatable bonds is 5. The minimum Gasteiger partial charge on any atom is -0.343 e. The van der Waals surface area contributed by atoms with Gasteiger partial charge in [-0.1, -0.05) is 24.3 Å². The smallest absolute Gasteiger partial charge is 0.225 e. The van der Waals surface area contributed by atoms with Crippen LogP contribution < -0.4 is 10.2 Å². The van der Waals surface area contributed by atoms with Crippen molar-refractivity contribution in [1.29, 1.82) is 0 Å². The van der Waals surface area contributed by atoms with E-state index in [1.54, 1.807) is 0 Å². The molecule has 0 spiro atoms. The predicted octanol–water partition coefficient (Wildman–Crippen LogP) is 2.11. The molecule has 19 heavy (non-hydrogen) atoms. The second kappa shape index (κ2) is 6.29. The molecule has 4 heteroatoms. The zero-order valence-electron chi connectivity index (χ0n) is 11.7. The van der Waals surface area contributed by atoms with E-state index in [0.29, 0.717) is 0 Å². The standard InChI is InChI=1S/C15H20N4/c1-12-6-4-5-7-14(12)13-10-17-15(18-11-13)19(3)9-8-16-2/h4-7,10-11,16H,8-9H2,1-3H3. The second-order valence-corrected chi connectivity index (χ2v) is 4.61. The van der Waals surface area contributed by atoms with E-state index in [2.05, 4.69) is 34.3 Å². The highest BCUT2D eigenvalue weighted by Gasteiger charge is 2.05. The number of aromatic nitrogens is 2. The zero-order chi connectivity index (χ0) is 13.7. The van der Waals surface area contributed by atoms with Gasteiger partial charge in [0.05, 0.1) is 0 Å². The van der Waals surface area contributed by atoms with Gasteiger partial charge in [-0.25, -0.2) is 9.97 Å². The monoisotopic (exact) mass is 256 g/mol. The van der Waals surface area contributed by atoms with Crippen LogP contribution in [0.5, 0.6) is 0 Å². The lowest BCUT2D eigenvalue weighted by Crippen LogP contribution is -2.28. The molecule has 2 rings (SSSR count). The normalized spacial score (nSPS) is 10.5. The first-order valence-electron chi connectivity index (χ1n) is 6.46. The number of benzene rings is 1. The summed E-state index contributed by atoms with van der Waals surface area (Å²) in [5.74, 6) is 0.757. The minimum absolute atomic E-state index is 0.757. The Balaban J connectivity index is 2.17. The Morgan fingerprint density at radius 2 is 1.84 bits per heavy atom. The van der Waals surface area contributed by atoms with Crippen LogP contribution in [0.25, 0.3) is 11.1 Å². The maximum absolute atomic E-state index is 4.44. The average Bonchev–Trinajstić information content (AvgIpc) is 2.45. The van der Waals surface area contributed by atoms with Crippen LogP contribution in [0.1, 0.15) is 5.56 Å². The lowest BCUT2D eigenvalue weighted by molar-refractivity contribution is 0.753. The third-order valence-corrected chi connectivity index (χ3v) is 3.13. The molecule has 0 aliphatic carbocycles. The first-order valence-corrected chi connectivity index (χ1v) is 6.46.